The van der Waals surface area contributed by atoms with Crippen LogP contribution < -0.4 is 9.47 Å². The van der Waals surface area contributed by atoms with E-state index in [4.69, 9.17) is 19.7 Å². The zero-order valence-corrected chi connectivity index (χ0v) is 15.8. The summed E-state index contributed by atoms with van der Waals surface area (Å²) in [7, 11) is 0. The second-order valence-electron chi connectivity index (χ2n) is 6.54. The van der Waals surface area contributed by atoms with Crippen molar-refractivity contribution in [2.75, 3.05) is 13.2 Å². The Bertz CT molecular complexity index is 671. The molecule has 0 spiro atoms. The molecule has 2 aromatic carbocycles. The maximum atomic E-state index is 10.6. The van der Waals surface area contributed by atoms with Crippen LogP contribution in [0.25, 0.3) is 0 Å². The highest BCUT2D eigenvalue weighted by molar-refractivity contribution is 5.70. The Balaban J connectivity index is 1.51. The van der Waals surface area contributed by atoms with Crippen LogP contribution in [0.4, 0.5) is 0 Å². The molecular formula is C22H26O6. The lowest BCUT2D eigenvalue weighted by Crippen LogP contribution is -2.02. The second-order valence-corrected chi connectivity index (χ2v) is 6.54. The lowest BCUT2D eigenvalue weighted by Gasteiger charge is -2.08. The van der Waals surface area contributed by atoms with E-state index in [1.165, 1.54) is 0 Å². The molecular weight excluding hydrogens is 360 g/mol. The highest BCUT2D eigenvalue weighted by Crippen LogP contribution is 2.15. The third-order valence-electron chi connectivity index (χ3n) is 4.13. The number of hydrogen-bond acceptors (Lipinski definition) is 4. The molecule has 0 heterocycles. The molecule has 0 aliphatic heterocycles. The summed E-state index contributed by atoms with van der Waals surface area (Å²) in [6.07, 6.45) is 4.02. The lowest BCUT2D eigenvalue weighted by molar-refractivity contribution is -0.137. The van der Waals surface area contributed by atoms with Gasteiger partial charge in [0.15, 0.2) is 0 Å². The van der Waals surface area contributed by atoms with Gasteiger partial charge in [0, 0.05) is 0 Å². The van der Waals surface area contributed by atoms with Gasteiger partial charge in [0.1, 0.15) is 11.5 Å². The molecule has 6 heteroatoms. The van der Waals surface area contributed by atoms with Crippen molar-refractivity contribution in [1.82, 2.24) is 0 Å². The largest absolute Gasteiger partial charge is 0.494 e. The summed E-state index contributed by atoms with van der Waals surface area (Å²) in [5.74, 6) is -0.173. The number of aliphatic carboxylic acids is 2. The molecule has 0 amide bonds. The van der Waals surface area contributed by atoms with Gasteiger partial charge >= 0.3 is 11.9 Å². The van der Waals surface area contributed by atoms with Gasteiger partial charge in [-0.25, -0.2) is 0 Å². The molecule has 150 valence electrons. The molecule has 2 aromatic rings. The highest BCUT2D eigenvalue weighted by atomic mass is 16.5. The first-order valence-electron chi connectivity index (χ1n) is 9.40. The van der Waals surface area contributed by atoms with Crippen LogP contribution in [0.1, 0.15) is 36.8 Å². The van der Waals surface area contributed by atoms with Gasteiger partial charge in [0.05, 0.1) is 26.1 Å². The average molecular weight is 386 g/mol. The SMILES string of the molecule is O=C(O)Cc1ccc(OCCCCCCOc2ccc(CC(=O)O)cc2)cc1. The fourth-order valence-corrected chi connectivity index (χ4v) is 2.69. The molecule has 0 aliphatic carbocycles. The van der Waals surface area contributed by atoms with Crippen LogP contribution in [0.3, 0.4) is 0 Å². The highest BCUT2D eigenvalue weighted by Gasteiger charge is 2.02. The number of rotatable bonds is 13. The second kappa shape index (κ2) is 11.6. The van der Waals surface area contributed by atoms with E-state index in [0.29, 0.717) is 13.2 Å². The number of unbranched alkanes of at least 4 members (excludes halogenated alkanes) is 3. The molecule has 0 aliphatic rings. The maximum absolute atomic E-state index is 10.6. The third-order valence-corrected chi connectivity index (χ3v) is 4.13. The molecule has 0 fully saturated rings. The fraction of sp³-hybridized carbons (Fsp3) is 0.364. The van der Waals surface area contributed by atoms with Gasteiger partial charge < -0.3 is 19.7 Å². The molecule has 0 atom stereocenters. The topological polar surface area (TPSA) is 93.1 Å². The number of carboxylic acids is 2. The van der Waals surface area contributed by atoms with Crippen LogP contribution in [0, 0.1) is 0 Å². The van der Waals surface area contributed by atoms with Crippen LogP contribution in [-0.4, -0.2) is 35.4 Å². The predicted molar refractivity (Wildman–Crippen MR) is 105 cm³/mol. The Morgan fingerprint density at radius 1 is 0.607 bits per heavy atom. The Hall–Kier alpha value is -3.02. The number of benzene rings is 2. The van der Waals surface area contributed by atoms with Crippen molar-refractivity contribution >= 4 is 11.9 Å². The quantitative estimate of drug-likeness (QED) is 0.506. The molecule has 0 radical (unpaired) electrons. The molecule has 2 N–H and O–H groups in total. The lowest BCUT2D eigenvalue weighted by atomic mass is 10.1. The summed E-state index contributed by atoms with van der Waals surface area (Å²) in [6.45, 7) is 1.26. The minimum atomic E-state index is -0.840. The molecule has 0 unspecified atom stereocenters. The van der Waals surface area contributed by atoms with E-state index in [0.717, 1.165) is 48.3 Å². The molecule has 0 aromatic heterocycles. The van der Waals surface area contributed by atoms with Gasteiger partial charge in [-0.3, -0.25) is 9.59 Å². The van der Waals surface area contributed by atoms with E-state index in [-0.39, 0.29) is 12.8 Å². The zero-order chi connectivity index (χ0) is 20.2. The van der Waals surface area contributed by atoms with E-state index in [2.05, 4.69) is 0 Å². The van der Waals surface area contributed by atoms with E-state index in [1.807, 2.05) is 0 Å². The molecule has 6 nitrogen and oxygen atoms in total. The summed E-state index contributed by atoms with van der Waals surface area (Å²) >= 11 is 0. The minimum Gasteiger partial charge on any atom is -0.494 e. The van der Waals surface area contributed by atoms with Gasteiger partial charge in [-0.05, 0) is 61.1 Å². The maximum Gasteiger partial charge on any atom is 0.307 e. The van der Waals surface area contributed by atoms with Crippen molar-refractivity contribution in [3.05, 3.63) is 59.7 Å². The monoisotopic (exact) mass is 386 g/mol. The Kier molecular flexibility index (Phi) is 8.85. The van der Waals surface area contributed by atoms with E-state index in [1.54, 1.807) is 48.5 Å². The van der Waals surface area contributed by atoms with Gasteiger partial charge in [-0.2, -0.15) is 0 Å². The zero-order valence-electron chi connectivity index (χ0n) is 15.8. The summed E-state index contributed by atoms with van der Waals surface area (Å²) in [5, 5.41) is 17.5. The first kappa shape index (κ1) is 21.3. The van der Waals surface area contributed by atoms with Crippen molar-refractivity contribution in [2.24, 2.45) is 0 Å². The third kappa shape index (κ3) is 8.58. The molecule has 28 heavy (non-hydrogen) atoms. The first-order valence-corrected chi connectivity index (χ1v) is 9.40. The normalized spacial score (nSPS) is 10.4. The van der Waals surface area contributed by atoms with Gasteiger partial charge in [0.25, 0.3) is 0 Å². The average Bonchev–Trinajstić information content (AvgIpc) is 2.65. The standard InChI is InChI=1S/C22H26O6/c23-21(24)15-17-5-9-19(10-6-17)27-13-3-1-2-4-14-28-20-11-7-18(8-12-20)16-22(25)26/h5-12H,1-4,13-16H2,(H,23,24)(H,25,26). The minimum absolute atomic E-state index is 0.0226. The Labute approximate surface area is 164 Å². The molecule has 0 saturated heterocycles. The molecule has 0 bridgehead atoms. The van der Waals surface area contributed by atoms with Crippen molar-refractivity contribution < 1.29 is 29.3 Å². The van der Waals surface area contributed by atoms with Gasteiger partial charge in [-0.15, -0.1) is 0 Å². The molecule has 0 saturated carbocycles. The van der Waals surface area contributed by atoms with Crippen LogP contribution >= 0.6 is 0 Å². The van der Waals surface area contributed by atoms with Gasteiger partial charge in [-0.1, -0.05) is 24.3 Å². The predicted octanol–water partition coefficient (Wildman–Crippen LogP) is 3.96. The fourth-order valence-electron chi connectivity index (χ4n) is 2.69. The van der Waals surface area contributed by atoms with Crippen molar-refractivity contribution in [1.29, 1.82) is 0 Å². The van der Waals surface area contributed by atoms with Crippen LogP contribution in [0.5, 0.6) is 11.5 Å². The van der Waals surface area contributed by atoms with E-state index < -0.39 is 11.9 Å². The van der Waals surface area contributed by atoms with E-state index >= 15 is 0 Å². The summed E-state index contributed by atoms with van der Waals surface area (Å²) in [6, 6.07) is 14.3. The van der Waals surface area contributed by atoms with Gasteiger partial charge in [0.2, 0.25) is 0 Å². The van der Waals surface area contributed by atoms with Crippen LogP contribution in [0.15, 0.2) is 48.5 Å². The number of hydrogen-bond donors (Lipinski definition) is 2. The summed E-state index contributed by atoms with van der Waals surface area (Å²) in [5.41, 5.74) is 1.52. The van der Waals surface area contributed by atoms with Crippen LogP contribution in [-0.2, 0) is 22.4 Å². The summed E-state index contributed by atoms with van der Waals surface area (Å²) < 4.78 is 11.3. The number of carboxylic acid groups (broad SMARTS) is 2. The summed E-state index contributed by atoms with van der Waals surface area (Å²) in [4.78, 5) is 21.3. The number of carbonyl (C=O) groups is 2. The van der Waals surface area contributed by atoms with Crippen molar-refractivity contribution in [3.8, 4) is 11.5 Å². The smallest absolute Gasteiger partial charge is 0.307 e. The van der Waals surface area contributed by atoms with Crippen molar-refractivity contribution in [2.45, 2.75) is 38.5 Å². The van der Waals surface area contributed by atoms with Crippen LogP contribution in [0.2, 0.25) is 0 Å². The van der Waals surface area contributed by atoms with Crippen molar-refractivity contribution in [3.63, 3.8) is 0 Å². The molecule has 2 rings (SSSR count). The van der Waals surface area contributed by atoms with E-state index in [9.17, 15) is 9.59 Å². The Morgan fingerprint density at radius 2 is 0.964 bits per heavy atom. The number of ether oxygens (including phenoxy) is 2. The Morgan fingerprint density at radius 3 is 1.29 bits per heavy atom. The first-order chi connectivity index (χ1) is 13.5.